The Bertz CT molecular complexity index is 524. The van der Waals surface area contributed by atoms with Gasteiger partial charge in [-0.1, -0.05) is 6.07 Å². The van der Waals surface area contributed by atoms with E-state index in [1.54, 1.807) is 12.1 Å². The molecule has 0 bridgehead atoms. The standard InChI is InChI=1S/C13H14O6/c1-3-18-9-4-5-10-8(6-9)7-19-12(15)13(10,16)11(14)17-2/h4-6,16H,3,7H2,1-2H3. The average molecular weight is 266 g/mol. The first-order valence-corrected chi connectivity index (χ1v) is 5.78. The molecule has 0 fully saturated rings. The topological polar surface area (TPSA) is 82.1 Å². The lowest BCUT2D eigenvalue weighted by Gasteiger charge is -2.30. The fourth-order valence-electron chi connectivity index (χ4n) is 2.00. The Morgan fingerprint density at radius 2 is 2.26 bits per heavy atom. The van der Waals surface area contributed by atoms with Crippen molar-refractivity contribution in [2.24, 2.45) is 0 Å². The van der Waals surface area contributed by atoms with Crippen molar-refractivity contribution in [1.82, 2.24) is 0 Å². The van der Waals surface area contributed by atoms with E-state index >= 15 is 0 Å². The van der Waals surface area contributed by atoms with Gasteiger partial charge in [0.05, 0.1) is 13.7 Å². The number of methoxy groups -OCH3 is 1. The SMILES string of the molecule is CCOc1ccc2c(c1)COC(=O)C2(O)C(=O)OC. The molecule has 1 aromatic carbocycles. The first-order valence-electron chi connectivity index (χ1n) is 5.78. The zero-order chi connectivity index (χ0) is 14.0. The zero-order valence-electron chi connectivity index (χ0n) is 10.6. The van der Waals surface area contributed by atoms with Crippen molar-refractivity contribution >= 4 is 11.9 Å². The summed E-state index contributed by atoms with van der Waals surface area (Å²) in [7, 11) is 1.09. The second kappa shape index (κ2) is 4.89. The van der Waals surface area contributed by atoms with Crippen LogP contribution in [0.5, 0.6) is 5.75 Å². The van der Waals surface area contributed by atoms with E-state index in [0.29, 0.717) is 17.9 Å². The normalized spacial score (nSPS) is 21.3. The van der Waals surface area contributed by atoms with Gasteiger partial charge < -0.3 is 19.3 Å². The number of ether oxygens (including phenoxy) is 3. The van der Waals surface area contributed by atoms with Gasteiger partial charge in [0.15, 0.2) is 0 Å². The minimum atomic E-state index is -2.41. The van der Waals surface area contributed by atoms with Crippen LogP contribution in [0.2, 0.25) is 0 Å². The second-order valence-corrected chi connectivity index (χ2v) is 4.03. The van der Waals surface area contributed by atoms with Crippen LogP contribution >= 0.6 is 0 Å². The maximum Gasteiger partial charge on any atom is 0.355 e. The smallest absolute Gasteiger partial charge is 0.355 e. The van der Waals surface area contributed by atoms with E-state index in [1.165, 1.54) is 6.07 Å². The average Bonchev–Trinajstić information content (AvgIpc) is 2.42. The molecule has 1 heterocycles. The molecule has 1 aliphatic heterocycles. The molecule has 2 rings (SSSR count). The number of hydrogen-bond acceptors (Lipinski definition) is 6. The molecule has 0 aliphatic carbocycles. The molecular formula is C13H14O6. The lowest BCUT2D eigenvalue weighted by molar-refractivity contribution is -0.187. The molecule has 1 aromatic rings. The van der Waals surface area contributed by atoms with E-state index < -0.39 is 17.5 Å². The van der Waals surface area contributed by atoms with Gasteiger partial charge in [0.1, 0.15) is 12.4 Å². The largest absolute Gasteiger partial charge is 0.494 e. The van der Waals surface area contributed by atoms with Gasteiger partial charge in [0.2, 0.25) is 0 Å². The molecule has 0 radical (unpaired) electrons. The molecule has 0 saturated carbocycles. The van der Waals surface area contributed by atoms with Crippen LogP contribution in [0.25, 0.3) is 0 Å². The summed E-state index contributed by atoms with van der Waals surface area (Å²) in [5, 5.41) is 10.3. The van der Waals surface area contributed by atoms with Crippen LogP contribution in [0, 0.1) is 0 Å². The van der Waals surface area contributed by atoms with Gasteiger partial charge in [0.25, 0.3) is 5.60 Å². The van der Waals surface area contributed by atoms with Crippen LogP contribution in [0.4, 0.5) is 0 Å². The summed E-state index contributed by atoms with van der Waals surface area (Å²) in [6.45, 7) is 2.30. The molecule has 102 valence electrons. The molecule has 19 heavy (non-hydrogen) atoms. The predicted molar refractivity (Wildman–Crippen MR) is 63.3 cm³/mol. The Hall–Kier alpha value is -2.08. The summed E-state index contributed by atoms with van der Waals surface area (Å²) in [6.07, 6.45) is 0. The molecular weight excluding hydrogens is 252 g/mol. The number of cyclic esters (lactones) is 1. The molecule has 0 saturated heterocycles. The van der Waals surface area contributed by atoms with Gasteiger partial charge in [-0.2, -0.15) is 0 Å². The van der Waals surface area contributed by atoms with Crippen LogP contribution < -0.4 is 4.74 Å². The Labute approximate surface area is 109 Å². The Morgan fingerprint density at radius 3 is 2.89 bits per heavy atom. The summed E-state index contributed by atoms with van der Waals surface area (Å²) in [5.74, 6) is -1.52. The fraction of sp³-hybridized carbons (Fsp3) is 0.385. The lowest BCUT2D eigenvalue weighted by atomic mass is 9.88. The van der Waals surface area contributed by atoms with Gasteiger partial charge in [-0.05, 0) is 19.1 Å². The van der Waals surface area contributed by atoms with Crippen LogP contribution in [-0.4, -0.2) is 30.8 Å². The lowest BCUT2D eigenvalue weighted by Crippen LogP contribution is -2.48. The van der Waals surface area contributed by atoms with E-state index in [4.69, 9.17) is 9.47 Å². The second-order valence-electron chi connectivity index (χ2n) is 4.03. The highest BCUT2D eigenvalue weighted by molar-refractivity contribution is 6.05. The third kappa shape index (κ3) is 2.04. The van der Waals surface area contributed by atoms with E-state index in [9.17, 15) is 14.7 Å². The number of carbonyl (C=O) groups excluding carboxylic acids is 2. The summed E-state index contributed by atoms with van der Waals surface area (Å²) < 4.78 is 14.6. The first-order chi connectivity index (χ1) is 9.03. The number of benzene rings is 1. The maximum absolute atomic E-state index is 11.7. The molecule has 6 nitrogen and oxygen atoms in total. The highest BCUT2D eigenvalue weighted by Gasteiger charge is 2.52. The van der Waals surface area contributed by atoms with Crippen molar-refractivity contribution in [3.05, 3.63) is 29.3 Å². The Morgan fingerprint density at radius 1 is 1.53 bits per heavy atom. The molecule has 0 amide bonds. The molecule has 1 atom stereocenters. The predicted octanol–water partition coefficient (Wildman–Crippen LogP) is 0.503. The molecule has 1 aliphatic rings. The van der Waals surface area contributed by atoms with Crippen molar-refractivity contribution in [3.63, 3.8) is 0 Å². The number of carbonyl (C=O) groups is 2. The van der Waals surface area contributed by atoms with Crippen molar-refractivity contribution in [2.75, 3.05) is 13.7 Å². The third-order valence-corrected chi connectivity index (χ3v) is 2.91. The maximum atomic E-state index is 11.7. The zero-order valence-corrected chi connectivity index (χ0v) is 10.6. The van der Waals surface area contributed by atoms with E-state index in [2.05, 4.69) is 4.74 Å². The van der Waals surface area contributed by atoms with Crippen LogP contribution in [0.15, 0.2) is 18.2 Å². The van der Waals surface area contributed by atoms with E-state index in [0.717, 1.165) is 7.11 Å². The van der Waals surface area contributed by atoms with Crippen LogP contribution in [-0.2, 0) is 31.3 Å². The number of fused-ring (bicyclic) bond motifs is 1. The first kappa shape index (κ1) is 13.4. The van der Waals surface area contributed by atoms with Crippen LogP contribution in [0.1, 0.15) is 18.1 Å². The van der Waals surface area contributed by atoms with Gasteiger partial charge in [-0.25, -0.2) is 9.59 Å². The number of esters is 2. The summed E-state index contributed by atoms with van der Waals surface area (Å²) in [6, 6.07) is 4.67. The quantitative estimate of drug-likeness (QED) is 0.634. The molecule has 6 heteroatoms. The van der Waals surface area contributed by atoms with Crippen molar-refractivity contribution in [1.29, 1.82) is 0 Å². The third-order valence-electron chi connectivity index (χ3n) is 2.91. The minimum Gasteiger partial charge on any atom is -0.494 e. The minimum absolute atomic E-state index is 0.0195. The summed E-state index contributed by atoms with van der Waals surface area (Å²) in [4.78, 5) is 23.4. The molecule has 1 N–H and O–H groups in total. The van der Waals surface area contributed by atoms with Crippen molar-refractivity contribution in [3.8, 4) is 5.75 Å². The van der Waals surface area contributed by atoms with Crippen molar-refractivity contribution in [2.45, 2.75) is 19.1 Å². The molecule has 0 aromatic heterocycles. The summed E-state index contributed by atoms with van der Waals surface area (Å²) >= 11 is 0. The van der Waals surface area contributed by atoms with E-state index in [1.807, 2.05) is 6.92 Å². The number of aliphatic hydroxyl groups is 1. The summed E-state index contributed by atoms with van der Waals surface area (Å²) in [5.41, 5.74) is -1.73. The monoisotopic (exact) mass is 266 g/mol. The highest BCUT2D eigenvalue weighted by Crippen LogP contribution is 2.34. The fourth-order valence-corrected chi connectivity index (χ4v) is 2.00. The molecule has 1 unspecified atom stereocenters. The highest BCUT2D eigenvalue weighted by atomic mass is 16.6. The van der Waals surface area contributed by atoms with Gasteiger partial charge in [0, 0.05) is 11.1 Å². The van der Waals surface area contributed by atoms with Crippen LogP contribution in [0.3, 0.4) is 0 Å². The van der Waals surface area contributed by atoms with Gasteiger partial charge in [-0.15, -0.1) is 0 Å². The van der Waals surface area contributed by atoms with E-state index in [-0.39, 0.29) is 12.2 Å². The number of rotatable bonds is 3. The Balaban J connectivity index is 2.51. The molecule has 0 spiro atoms. The number of hydrogen-bond donors (Lipinski definition) is 1. The van der Waals surface area contributed by atoms with Gasteiger partial charge in [-0.3, -0.25) is 0 Å². The van der Waals surface area contributed by atoms with Gasteiger partial charge >= 0.3 is 11.9 Å². The Kier molecular flexibility index (Phi) is 3.44. The van der Waals surface area contributed by atoms with Crippen molar-refractivity contribution < 1.29 is 28.9 Å².